The predicted octanol–water partition coefficient (Wildman–Crippen LogP) is 3.07. The van der Waals surface area contributed by atoms with E-state index in [0.29, 0.717) is 10.7 Å². The number of urea groups is 1. The van der Waals surface area contributed by atoms with Crippen LogP contribution in [-0.2, 0) is 9.53 Å². The SMILES string of the molecule is COC(=O)C(C)(C)NC(=O)Nc1cccc(Cl)c1Cl. The first-order chi connectivity index (χ1) is 8.77. The number of esters is 1. The number of nitrogens with one attached hydrogen (secondary N) is 2. The fourth-order valence-electron chi connectivity index (χ4n) is 1.34. The van der Waals surface area contributed by atoms with Crippen LogP contribution in [0.4, 0.5) is 10.5 Å². The monoisotopic (exact) mass is 304 g/mol. The number of halogens is 2. The molecule has 1 aromatic rings. The van der Waals surface area contributed by atoms with Crippen LogP contribution < -0.4 is 10.6 Å². The number of carbonyl (C=O) groups excluding carboxylic acids is 2. The average Bonchev–Trinajstić information content (AvgIpc) is 2.33. The Hall–Kier alpha value is -1.46. The largest absolute Gasteiger partial charge is 0.467 e. The highest BCUT2D eigenvalue weighted by Gasteiger charge is 2.30. The van der Waals surface area contributed by atoms with E-state index >= 15 is 0 Å². The fourth-order valence-corrected chi connectivity index (χ4v) is 1.69. The zero-order valence-corrected chi connectivity index (χ0v) is 12.2. The van der Waals surface area contributed by atoms with Gasteiger partial charge in [0.05, 0.1) is 22.8 Å². The third kappa shape index (κ3) is 4.01. The summed E-state index contributed by atoms with van der Waals surface area (Å²) >= 11 is 11.8. The van der Waals surface area contributed by atoms with E-state index in [2.05, 4.69) is 15.4 Å². The Bertz CT molecular complexity index is 504. The van der Waals surface area contributed by atoms with Crippen LogP contribution in [0.3, 0.4) is 0 Å². The van der Waals surface area contributed by atoms with Crippen molar-refractivity contribution in [2.45, 2.75) is 19.4 Å². The average molecular weight is 305 g/mol. The van der Waals surface area contributed by atoms with Gasteiger partial charge in [-0.15, -0.1) is 0 Å². The Labute approximate surface area is 121 Å². The number of methoxy groups -OCH3 is 1. The molecule has 1 aromatic carbocycles. The Morgan fingerprint density at radius 3 is 2.47 bits per heavy atom. The van der Waals surface area contributed by atoms with Crippen LogP contribution in [0.15, 0.2) is 18.2 Å². The lowest BCUT2D eigenvalue weighted by molar-refractivity contribution is -0.146. The maximum atomic E-state index is 11.8. The zero-order chi connectivity index (χ0) is 14.6. The summed E-state index contributed by atoms with van der Waals surface area (Å²) in [4.78, 5) is 23.2. The first kappa shape index (κ1) is 15.6. The fraction of sp³-hybridized carbons (Fsp3) is 0.333. The summed E-state index contributed by atoms with van der Waals surface area (Å²) in [6.45, 7) is 3.05. The lowest BCUT2D eigenvalue weighted by Crippen LogP contribution is -2.51. The summed E-state index contributed by atoms with van der Waals surface area (Å²) < 4.78 is 4.58. The third-order valence-corrected chi connectivity index (χ3v) is 3.14. The molecule has 0 aliphatic carbocycles. The molecule has 0 aliphatic rings. The van der Waals surface area contributed by atoms with Gasteiger partial charge < -0.3 is 15.4 Å². The van der Waals surface area contributed by atoms with E-state index in [1.165, 1.54) is 21.0 Å². The van der Waals surface area contributed by atoms with Crippen molar-refractivity contribution in [1.29, 1.82) is 0 Å². The molecule has 0 heterocycles. The summed E-state index contributed by atoms with van der Waals surface area (Å²) in [7, 11) is 1.25. The molecule has 0 spiro atoms. The molecule has 19 heavy (non-hydrogen) atoms. The van der Waals surface area contributed by atoms with Gasteiger partial charge in [-0.3, -0.25) is 0 Å². The smallest absolute Gasteiger partial charge is 0.331 e. The van der Waals surface area contributed by atoms with Gasteiger partial charge in [-0.25, -0.2) is 9.59 Å². The van der Waals surface area contributed by atoms with Gasteiger partial charge in [0.25, 0.3) is 0 Å². The molecule has 0 atom stereocenters. The van der Waals surface area contributed by atoms with Crippen LogP contribution in [0.25, 0.3) is 0 Å². The third-order valence-electron chi connectivity index (χ3n) is 2.32. The second kappa shape index (κ2) is 6.12. The van der Waals surface area contributed by atoms with Crippen LogP contribution in [0, 0.1) is 0 Å². The van der Waals surface area contributed by atoms with E-state index < -0.39 is 17.5 Å². The Kier molecular flexibility index (Phi) is 5.03. The van der Waals surface area contributed by atoms with Crippen LogP contribution >= 0.6 is 23.2 Å². The van der Waals surface area contributed by atoms with Gasteiger partial charge in [0.1, 0.15) is 5.54 Å². The molecule has 0 aliphatic heterocycles. The Morgan fingerprint density at radius 1 is 1.26 bits per heavy atom. The van der Waals surface area contributed by atoms with E-state index in [1.54, 1.807) is 18.2 Å². The molecule has 7 heteroatoms. The van der Waals surface area contributed by atoms with Gasteiger partial charge >= 0.3 is 12.0 Å². The van der Waals surface area contributed by atoms with Gasteiger partial charge in [-0.1, -0.05) is 29.3 Å². The van der Waals surface area contributed by atoms with E-state index in [1.807, 2.05) is 0 Å². The molecule has 104 valence electrons. The standard InChI is InChI=1S/C12H14Cl2N2O3/c1-12(2,10(17)19-3)16-11(18)15-8-6-4-5-7(13)9(8)14/h4-6H,1-3H3,(H2,15,16,18). The maximum absolute atomic E-state index is 11.8. The molecule has 0 radical (unpaired) electrons. The number of anilines is 1. The first-order valence-corrected chi connectivity index (χ1v) is 6.15. The highest BCUT2D eigenvalue weighted by atomic mass is 35.5. The molecule has 0 saturated heterocycles. The van der Waals surface area contributed by atoms with Crippen molar-refractivity contribution in [3.63, 3.8) is 0 Å². The van der Waals surface area contributed by atoms with E-state index in [0.717, 1.165) is 0 Å². The number of hydrogen-bond acceptors (Lipinski definition) is 3. The minimum atomic E-state index is -1.15. The molecule has 2 amide bonds. The van der Waals surface area contributed by atoms with E-state index in [-0.39, 0.29) is 5.02 Å². The zero-order valence-electron chi connectivity index (χ0n) is 10.7. The molecule has 0 saturated carbocycles. The summed E-state index contributed by atoms with van der Waals surface area (Å²) in [5, 5.41) is 5.55. The molecule has 5 nitrogen and oxygen atoms in total. The van der Waals surface area contributed by atoms with Gasteiger partial charge in [0, 0.05) is 0 Å². The van der Waals surface area contributed by atoms with E-state index in [9.17, 15) is 9.59 Å². The Balaban J connectivity index is 2.76. The van der Waals surface area contributed by atoms with Gasteiger partial charge in [-0.2, -0.15) is 0 Å². The molecular formula is C12H14Cl2N2O3. The van der Waals surface area contributed by atoms with Crippen LogP contribution in [0.5, 0.6) is 0 Å². The van der Waals surface area contributed by atoms with Crippen molar-refractivity contribution in [1.82, 2.24) is 5.32 Å². The maximum Gasteiger partial charge on any atom is 0.331 e. The van der Waals surface area contributed by atoms with Gasteiger partial charge in [-0.05, 0) is 26.0 Å². The lowest BCUT2D eigenvalue weighted by Gasteiger charge is -2.23. The molecule has 0 unspecified atom stereocenters. The number of rotatable bonds is 3. The van der Waals surface area contributed by atoms with E-state index in [4.69, 9.17) is 23.2 Å². The van der Waals surface area contributed by atoms with Crippen molar-refractivity contribution in [3.05, 3.63) is 28.2 Å². The highest BCUT2D eigenvalue weighted by molar-refractivity contribution is 6.43. The topological polar surface area (TPSA) is 67.4 Å². The van der Waals surface area contributed by atoms with Crippen LogP contribution in [0.2, 0.25) is 10.0 Å². The highest BCUT2D eigenvalue weighted by Crippen LogP contribution is 2.29. The first-order valence-electron chi connectivity index (χ1n) is 5.39. The van der Waals surface area contributed by atoms with Crippen molar-refractivity contribution >= 4 is 40.9 Å². The van der Waals surface area contributed by atoms with Crippen LogP contribution in [0.1, 0.15) is 13.8 Å². The second-order valence-electron chi connectivity index (χ2n) is 4.30. The number of hydrogen-bond donors (Lipinski definition) is 2. The van der Waals surface area contributed by atoms with Crippen molar-refractivity contribution < 1.29 is 14.3 Å². The predicted molar refractivity (Wildman–Crippen MR) is 74.7 cm³/mol. The number of carbonyl (C=O) groups is 2. The molecule has 2 N–H and O–H groups in total. The molecule has 0 fully saturated rings. The molecule has 0 aromatic heterocycles. The quantitative estimate of drug-likeness (QED) is 0.843. The summed E-state index contributed by atoms with van der Waals surface area (Å²) in [6.07, 6.45) is 0. The lowest BCUT2D eigenvalue weighted by atomic mass is 10.1. The summed E-state index contributed by atoms with van der Waals surface area (Å²) in [5.74, 6) is -0.556. The minimum absolute atomic E-state index is 0.232. The Morgan fingerprint density at radius 2 is 1.89 bits per heavy atom. The minimum Gasteiger partial charge on any atom is -0.467 e. The molecular weight excluding hydrogens is 291 g/mol. The summed E-state index contributed by atoms with van der Waals surface area (Å²) in [6, 6.07) is 4.26. The number of amides is 2. The van der Waals surface area contributed by atoms with Crippen molar-refractivity contribution in [2.75, 3.05) is 12.4 Å². The van der Waals surface area contributed by atoms with Gasteiger partial charge in [0.2, 0.25) is 0 Å². The number of ether oxygens (including phenoxy) is 1. The number of benzene rings is 1. The van der Waals surface area contributed by atoms with Crippen LogP contribution in [-0.4, -0.2) is 24.6 Å². The molecule has 1 rings (SSSR count). The normalized spacial score (nSPS) is 10.8. The second-order valence-corrected chi connectivity index (χ2v) is 5.08. The molecule has 0 bridgehead atoms. The van der Waals surface area contributed by atoms with Gasteiger partial charge in [0.15, 0.2) is 0 Å². The summed E-state index contributed by atoms with van der Waals surface area (Å²) in [5.41, 5.74) is -0.795. The van der Waals surface area contributed by atoms with Crippen molar-refractivity contribution in [3.8, 4) is 0 Å². The van der Waals surface area contributed by atoms with Crippen molar-refractivity contribution in [2.24, 2.45) is 0 Å².